The number of aromatic nitrogens is 3. The third kappa shape index (κ3) is 14.7. The van der Waals surface area contributed by atoms with E-state index in [2.05, 4.69) is 91.4 Å². The van der Waals surface area contributed by atoms with E-state index in [0.29, 0.717) is 52.0 Å². The SMILES string of the molecule is Cc1ccsc1-c1ccc([C@H](C)NC(=O)[C@@H]2C[C@@H](O)CN2C(=O)[C@@H](NC(=O)CCOCCOCCOCCC(=O)N2CCN(c3ccc(-c4nc5ccc(-c6c(C)noc6C)cn5c4NC4CCCCC4)cc3)CC2)C(C)(C)C)cc1. The fourth-order valence-electron chi connectivity index (χ4n) is 11.3. The van der Waals surface area contributed by atoms with Gasteiger partial charge in [-0.1, -0.05) is 81.6 Å². The lowest BCUT2D eigenvalue weighted by Gasteiger charge is -2.36. The molecule has 19 heteroatoms. The molecule has 1 aliphatic carbocycles. The number of hydrogen-bond acceptors (Lipinski definition) is 14. The van der Waals surface area contributed by atoms with Crippen molar-refractivity contribution in [3.63, 3.8) is 0 Å². The number of benzene rings is 2. The lowest BCUT2D eigenvalue weighted by molar-refractivity contribution is -0.144. The summed E-state index contributed by atoms with van der Waals surface area (Å²) in [6, 6.07) is 21.2. The molecule has 0 radical (unpaired) electrons. The molecule has 18 nitrogen and oxygen atoms in total. The molecule has 0 spiro atoms. The van der Waals surface area contributed by atoms with Gasteiger partial charge in [-0.3, -0.25) is 23.6 Å². The number of ether oxygens (including phenoxy) is 3. The fourth-order valence-corrected chi connectivity index (χ4v) is 12.2. The van der Waals surface area contributed by atoms with Crippen LogP contribution in [0.1, 0.15) is 108 Å². The standard InChI is InChI=1S/C62H81N9O9S/c1-40-25-36-81-57(40)46-15-13-44(14-16-46)41(2)63-60(75)51-37-50(72)39-70(51)61(76)58(62(5,6)7)66-53(73)23-30-77-32-34-79-35-33-78-31-24-54(74)69-28-26-68(27-29-69)49-20-17-45(18-21-49)56-59(64-48-11-9-8-10-12-48)71-38-47(19-22-52(71)65-56)55-42(3)67-80-43(55)4/h13-22,25,36,38,41,48,50-51,58,64,72H,8-12,23-24,26-35,37,39H2,1-7H3,(H,63,75)(H,66,73)/t41-,50+,51-,58+/m0/s1. The maximum Gasteiger partial charge on any atom is 0.246 e. The minimum absolute atomic E-state index is 0.00782. The Labute approximate surface area is 479 Å². The van der Waals surface area contributed by atoms with Gasteiger partial charge < -0.3 is 54.5 Å². The number of anilines is 2. The molecule has 4 atom stereocenters. The van der Waals surface area contributed by atoms with Crippen LogP contribution >= 0.6 is 11.3 Å². The van der Waals surface area contributed by atoms with Crippen LogP contribution in [0.3, 0.4) is 0 Å². The van der Waals surface area contributed by atoms with E-state index in [-0.39, 0.29) is 56.4 Å². The Kier molecular flexibility index (Phi) is 19.6. The van der Waals surface area contributed by atoms with Crippen LogP contribution in [0.25, 0.3) is 38.5 Å². The average Bonchev–Trinajstić information content (AvgIpc) is 4.46. The van der Waals surface area contributed by atoms with Gasteiger partial charge in [0.05, 0.1) is 63.9 Å². The van der Waals surface area contributed by atoms with Crippen molar-refractivity contribution in [2.75, 3.05) is 82.6 Å². The molecule has 6 heterocycles. The Morgan fingerprint density at radius 1 is 0.790 bits per heavy atom. The number of pyridine rings is 1. The minimum atomic E-state index is -0.938. The van der Waals surface area contributed by atoms with Gasteiger partial charge in [0.15, 0.2) is 0 Å². The second-order valence-electron chi connectivity index (χ2n) is 22.9. The highest BCUT2D eigenvalue weighted by Crippen LogP contribution is 2.36. The summed E-state index contributed by atoms with van der Waals surface area (Å²) in [6.45, 7) is 17.8. The molecule has 3 fully saturated rings. The topological polar surface area (TPSA) is 205 Å². The number of imidazole rings is 1. The van der Waals surface area contributed by atoms with Crippen LogP contribution in [-0.2, 0) is 33.4 Å². The van der Waals surface area contributed by atoms with Crippen molar-refractivity contribution >= 4 is 52.1 Å². The number of nitrogens with zero attached hydrogens (tertiary/aromatic N) is 6. The predicted octanol–water partition coefficient (Wildman–Crippen LogP) is 8.90. The summed E-state index contributed by atoms with van der Waals surface area (Å²) in [5.41, 5.74) is 9.42. The normalized spacial score (nSPS) is 17.9. The highest BCUT2D eigenvalue weighted by atomic mass is 32.1. The van der Waals surface area contributed by atoms with Crippen LogP contribution < -0.4 is 20.9 Å². The Bertz CT molecular complexity index is 3060. The van der Waals surface area contributed by atoms with Crippen LogP contribution in [0.2, 0.25) is 0 Å². The molecule has 4 N–H and O–H groups in total. The van der Waals surface area contributed by atoms with Crippen LogP contribution in [0.5, 0.6) is 0 Å². The van der Waals surface area contributed by atoms with E-state index in [1.165, 1.54) is 34.6 Å². The number of aliphatic hydroxyl groups excluding tert-OH is 1. The van der Waals surface area contributed by atoms with Crippen molar-refractivity contribution in [1.82, 2.24) is 35.0 Å². The van der Waals surface area contributed by atoms with Gasteiger partial charge in [-0.2, -0.15) is 0 Å². The number of rotatable bonds is 23. The van der Waals surface area contributed by atoms with Crippen molar-refractivity contribution < 1.29 is 43.0 Å². The number of carbonyl (C=O) groups is 4. The lowest BCUT2D eigenvalue weighted by Crippen LogP contribution is -2.58. The highest BCUT2D eigenvalue weighted by Gasteiger charge is 2.45. The van der Waals surface area contributed by atoms with Crippen molar-refractivity contribution in [3.8, 4) is 32.8 Å². The van der Waals surface area contributed by atoms with Crippen LogP contribution in [0.4, 0.5) is 11.5 Å². The first kappa shape index (κ1) is 59.0. The molecule has 2 aliphatic heterocycles. The molecule has 4 aromatic heterocycles. The number of aryl methyl sites for hydroxylation is 3. The monoisotopic (exact) mass is 1130 g/mol. The summed E-state index contributed by atoms with van der Waals surface area (Å²) in [6.07, 6.45) is 7.68. The van der Waals surface area contributed by atoms with E-state index in [1.807, 2.05) is 70.7 Å². The van der Waals surface area contributed by atoms with Gasteiger partial charge in [-0.25, -0.2) is 4.98 Å². The van der Waals surface area contributed by atoms with Gasteiger partial charge in [-0.05, 0) is 98.4 Å². The summed E-state index contributed by atoms with van der Waals surface area (Å²) in [4.78, 5) is 66.1. The van der Waals surface area contributed by atoms with E-state index in [9.17, 15) is 24.3 Å². The Balaban J connectivity index is 0.647. The molecule has 2 saturated heterocycles. The van der Waals surface area contributed by atoms with Crippen molar-refractivity contribution in [2.24, 2.45) is 5.41 Å². The summed E-state index contributed by atoms with van der Waals surface area (Å²) in [5, 5.41) is 26.7. The molecule has 6 aromatic rings. The zero-order chi connectivity index (χ0) is 57.2. The number of fused-ring (bicyclic) bond motifs is 1. The first-order chi connectivity index (χ1) is 39.0. The van der Waals surface area contributed by atoms with Crippen LogP contribution in [-0.4, -0.2) is 150 Å². The van der Waals surface area contributed by atoms with Gasteiger partial charge in [0.25, 0.3) is 0 Å². The van der Waals surface area contributed by atoms with Gasteiger partial charge in [0.1, 0.15) is 35.0 Å². The lowest BCUT2D eigenvalue weighted by atomic mass is 9.85. The van der Waals surface area contributed by atoms with Gasteiger partial charge in [0.2, 0.25) is 23.6 Å². The third-order valence-corrected chi connectivity index (χ3v) is 16.9. The molecule has 1 saturated carbocycles. The number of amides is 4. The van der Waals surface area contributed by atoms with E-state index >= 15 is 0 Å². The van der Waals surface area contributed by atoms with Crippen molar-refractivity contribution in [1.29, 1.82) is 0 Å². The summed E-state index contributed by atoms with van der Waals surface area (Å²) >= 11 is 1.69. The number of carbonyl (C=O) groups excluding carboxylic acids is 4. The molecule has 3 aliphatic rings. The van der Waals surface area contributed by atoms with Crippen LogP contribution in [0, 0.1) is 26.2 Å². The zero-order valence-corrected chi connectivity index (χ0v) is 48.9. The molecule has 0 unspecified atom stereocenters. The van der Waals surface area contributed by atoms with Crippen molar-refractivity contribution in [2.45, 2.75) is 130 Å². The van der Waals surface area contributed by atoms with E-state index in [0.717, 1.165) is 88.0 Å². The van der Waals surface area contributed by atoms with Gasteiger partial charge in [0, 0.05) is 85.1 Å². The summed E-state index contributed by atoms with van der Waals surface area (Å²) < 4.78 is 24.8. The van der Waals surface area contributed by atoms with Gasteiger partial charge in [-0.15, -0.1) is 11.3 Å². The zero-order valence-electron chi connectivity index (χ0n) is 48.1. The maximum atomic E-state index is 14.1. The maximum absolute atomic E-state index is 14.1. The number of β-amino-alcohol motifs (C(OH)–C–C–N with tert-alkyl or cyclic N) is 1. The van der Waals surface area contributed by atoms with E-state index in [4.69, 9.17) is 23.7 Å². The summed E-state index contributed by atoms with van der Waals surface area (Å²) in [5.74, 6) is 0.721. The highest BCUT2D eigenvalue weighted by molar-refractivity contribution is 7.13. The van der Waals surface area contributed by atoms with E-state index in [1.54, 1.807) is 11.3 Å². The number of likely N-dealkylation sites (tertiary alicyclic amines) is 1. The second-order valence-corrected chi connectivity index (χ2v) is 23.8. The number of piperazine rings is 1. The molecule has 4 amide bonds. The number of nitrogens with one attached hydrogen (secondary N) is 3. The Morgan fingerprint density at radius 2 is 1.44 bits per heavy atom. The number of hydrogen-bond donors (Lipinski definition) is 4. The molecule has 81 heavy (non-hydrogen) atoms. The van der Waals surface area contributed by atoms with E-state index < -0.39 is 29.5 Å². The number of thiophene rings is 1. The second kappa shape index (κ2) is 27.0. The average molecular weight is 1130 g/mol. The quantitative estimate of drug-likeness (QED) is 0.0443. The molecular weight excluding hydrogens is 1050 g/mol. The van der Waals surface area contributed by atoms with Crippen LogP contribution in [0.15, 0.2) is 82.8 Å². The molecule has 434 valence electrons. The predicted molar refractivity (Wildman–Crippen MR) is 315 cm³/mol. The molecule has 2 aromatic carbocycles. The Hall–Kier alpha value is -6.64. The molecular formula is C62H81N9O9S. The fraction of sp³-hybridized carbons (Fsp3) is 0.516. The minimum Gasteiger partial charge on any atom is -0.391 e. The molecule has 0 bridgehead atoms. The van der Waals surface area contributed by atoms with Gasteiger partial charge >= 0.3 is 0 Å². The third-order valence-electron chi connectivity index (χ3n) is 15.9. The van der Waals surface area contributed by atoms with Crippen molar-refractivity contribution in [3.05, 3.63) is 101 Å². The smallest absolute Gasteiger partial charge is 0.246 e. The largest absolute Gasteiger partial charge is 0.391 e. The first-order valence-electron chi connectivity index (χ1n) is 28.8. The molecule has 9 rings (SSSR count). The summed E-state index contributed by atoms with van der Waals surface area (Å²) in [7, 11) is 0. The first-order valence-corrected chi connectivity index (χ1v) is 29.7. The number of aliphatic hydroxyl groups is 1. The Morgan fingerprint density at radius 3 is 2.09 bits per heavy atom.